The summed E-state index contributed by atoms with van der Waals surface area (Å²) < 4.78 is 22.8. The molecule has 1 unspecified atom stereocenters. The molecule has 0 bridgehead atoms. The summed E-state index contributed by atoms with van der Waals surface area (Å²) in [6, 6.07) is -0.279. The SMILES string of the molecule is CC1(NC(=O)NCCCCCCN)CCS(=O)(=O)C1. The van der Waals surface area contributed by atoms with Crippen LogP contribution in [0.5, 0.6) is 0 Å². The van der Waals surface area contributed by atoms with Gasteiger partial charge >= 0.3 is 6.03 Å². The Kier molecular flexibility index (Phi) is 6.06. The third-order valence-electron chi connectivity index (χ3n) is 3.34. The minimum Gasteiger partial charge on any atom is -0.338 e. The monoisotopic (exact) mass is 291 g/mol. The smallest absolute Gasteiger partial charge is 0.315 e. The van der Waals surface area contributed by atoms with Gasteiger partial charge in [0.15, 0.2) is 9.84 Å². The number of nitrogens with two attached hydrogens (primary N) is 1. The molecule has 112 valence electrons. The lowest BCUT2D eigenvalue weighted by atomic mass is 10.0. The Hall–Kier alpha value is -0.820. The number of hydrogen-bond donors (Lipinski definition) is 3. The maximum Gasteiger partial charge on any atom is 0.315 e. The Morgan fingerprint density at radius 3 is 2.53 bits per heavy atom. The van der Waals surface area contributed by atoms with Gasteiger partial charge in [0.2, 0.25) is 0 Å². The largest absolute Gasteiger partial charge is 0.338 e. The zero-order valence-electron chi connectivity index (χ0n) is 11.6. The van der Waals surface area contributed by atoms with Gasteiger partial charge in [-0.1, -0.05) is 12.8 Å². The van der Waals surface area contributed by atoms with Crippen LogP contribution in [0, 0.1) is 0 Å². The molecule has 7 heteroatoms. The molecule has 0 spiro atoms. The fraction of sp³-hybridized carbons (Fsp3) is 0.917. The van der Waals surface area contributed by atoms with Crippen LogP contribution in [0.1, 0.15) is 39.0 Å². The third-order valence-corrected chi connectivity index (χ3v) is 5.24. The van der Waals surface area contributed by atoms with E-state index in [0.29, 0.717) is 19.5 Å². The average Bonchev–Trinajstić information content (AvgIpc) is 2.57. The second-order valence-electron chi connectivity index (χ2n) is 5.49. The topological polar surface area (TPSA) is 101 Å². The fourth-order valence-corrected chi connectivity index (χ4v) is 4.35. The predicted octanol–water partition coefficient (Wildman–Crippen LogP) is 0.382. The summed E-state index contributed by atoms with van der Waals surface area (Å²) in [5.41, 5.74) is 4.77. The molecule has 0 aromatic rings. The molecule has 0 radical (unpaired) electrons. The van der Waals surface area contributed by atoms with Gasteiger partial charge < -0.3 is 16.4 Å². The van der Waals surface area contributed by atoms with Crippen molar-refractivity contribution in [2.24, 2.45) is 5.73 Å². The van der Waals surface area contributed by atoms with Gasteiger partial charge in [0.1, 0.15) is 0 Å². The van der Waals surface area contributed by atoms with Gasteiger partial charge in [-0.05, 0) is 32.7 Å². The number of urea groups is 1. The zero-order chi connectivity index (χ0) is 14.4. The van der Waals surface area contributed by atoms with Gasteiger partial charge in [-0.2, -0.15) is 0 Å². The number of rotatable bonds is 7. The average molecular weight is 291 g/mol. The number of nitrogens with one attached hydrogen (secondary N) is 2. The quantitative estimate of drug-likeness (QED) is 0.590. The molecular weight excluding hydrogens is 266 g/mol. The summed E-state index contributed by atoms with van der Waals surface area (Å²) in [6.07, 6.45) is 4.54. The highest BCUT2D eigenvalue weighted by atomic mass is 32.2. The van der Waals surface area contributed by atoms with Crippen LogP contribution in [0.25, 0.3) is 0 Å². The number of amides is 2. The van der Waals surface area contributed by atoms with Gasteiger partial charge in [0.05, 0.1) is 17.0 Å². The van der Waals surface area contributed by atoms with Crippen molar-refractivity contribution in [3.8, 4) is 0 Å². The highest BCUT2D eigenvalue weighted by Gasteiger charge is 2.39. The van der Waals surface area contributed by atoms with Gasteiger partial charge in [-0.25, -0.2) is 13.2 Å². The molecule has 0 aromatic carbocycles. The second-order valence-corrected chi connectivity index (χ2v) is 7.67. The lowest BCUT2D eigenvalue weighted by Crippen LogP contribution is -2.51. The molecule has 19 heavy (non-hydrogen) atoms. The Morgan fingerprint density at radius 2 is 1.95 bits per heavy atom. The Bertz CT molecular complexity index is 397. The van der Waals surface area contributed by atoms with E-state index < -0.39 is 15.4 Å². The summed E-state index contributed by atoms with van der Waals surface area (Å²) in [7, 11) is -2.99. The van der Waals surface area contributed by atoms with Crippen LogP contribution in [0.2, 0.25) is 0 Å². The van der Waals surface area contributed by atoms with Crippen LogP contribution < -0.4 is 16.4 Å². The maximum atomic E-state index is 11.7. The van der Waals surface area contributed by atoms with Crippen LogP contribution in [0.3, 0.4) is 0 Å². The van der Waals surface area contributed by atoms with Crippen molar-refractivity contribution >= 4 is 15.9 Å². The van der Waals surface area contributed by atoms with E-state index in [1.807, 2.05) is 0 Å². The van der Waals surface area contributed by atoms with Crippen molar-refractivity contribution in [3.63, 3.8) is 0 Å². The van der Waals surface area contributed by atoms with E-state index >= 15 is 0 Å². The van der Waals surface area contributed by atoms with E-state index in [2.05, 4.69) is 10.6 Å². The van der Waals surface area contributed by atoms with Crippen molar-refractivity contribution in [3.05, 3.63) is 0 Å². The van der Waals surface area contributed by atoms with Crippen LogP contribution in [-0.2, 0) is 9.84 Å². The van der Waals surface area contributed by atoms with Crippen LogP contribution in [0.4, 0.5) is 4.79 Å². The van der Waals surface area contributed by atoms with Crippen molar-refractivity contribution in [2.75, 3.05) is 24.6 Å². The minimum atomic E-state index is -2.99. The Morgan fingerprint density at radius 1 is 1.26 bits per heavy atom. The van der Waals surface area contributed by atoms with E-state index in [4.69, 9.17) is 5.73 Å². The molecule has 6 nitrogen and oxygen atoms in total. The first-order valence-electron chi connectivity index (χ1n) is 6.83. The number of hydrogen-bond acceptors (Lipinski definition) is 4. The summed E-state index contributed by atoms with van der Waals surface area (Å²) >= 11 is 0. The lowest BCUT2D eigenvalue weighted by Gasteiger charge is -2.23. The van der Waals surface area contributed by atoms with Crippen LogP contribution in [0.15, 0.2) is 0 Å². The molecule has 1 aliphatic rings. The fourth-order valence-electron chi connectivity index (χ4n) is 2.25. The molecule has 4 N–H and O–H groups in total. The first kappa shape index (κ1) is 16.2. The van der Waals surface area contributed by atoms with Gasteiger partial charge in [-0.3, -0.25) is 0 Å². The lowest BCUT2D eigenvalue weighted by molar-refractivity contribution is 0.230. The molecule has 0 aliphatic carbocycles. The third kappa shape index (κ3) is 6.24. The second kappa shape index (κ2) is 7.09. The molecule has 0 aromatic heterocycles. The highest BCUT2D eigenvalue weighted by Crippen LogP contribution is 2.22. The Labute approximate surface area is 115 Å². The van der Waals surface area contributed by atoms with Crippen molar-refractivity contribution < 1.29 is 13.2 Å². The van der Waals surface area contributed by atoms with Crippen LogP contribution >= 0.6 is 0 Å². The number of carbonyl (C=O) groups is 1. The van der Waals surface area contributed by atoms with Crippen molar-refractivity contribution in [1.82, 2.24) is 10.6 Å². The standard InChI is InChI=1S/C12H25N3O3S/c1-12(6-9-19(17,18)10-12)15-11(16)14-8-5-3-2-4-7-13/h2-10,13H2,1H3,(H2,14,15,16). The number of carbonyl (C=O) groups excluding carboxylic acids is 1. The van der Waals surface area contributed by atoms with Crippen molar-refractivity contribution in [2.45, 2.75) is 44.6 Å². The van der Waals surface area contributed by atoms with E-state index in [-0.39, 0.29) is 17.5 Å². The molecule has 1 saturated heterocycles. The van der Waals surface area contributed by atoms with Crippen molar-refractivity contribution in [1.29, 1.82) is 0 Å². The summed E-state index contributed by atoms with van der Waals surface area (Å²) in [5, 5.41) is 5.53. The predicted molar refractivity (Wildman–Crippen MR) is 75.7 cm³/mol. The van der Waals surface area contributed by atoms with E-state index in [9.17, 15) is 13.2 Å². The van der Waals surface area contributed by atoms with Crippen LogP contribution in [-0.4, -0.2) is 44.6 Å². The van der Waals surface area contributed by atoms with E-state index in [1.54, 1.807) is 6.92 Å². The van der Waals surface area contributed by atoms with E-state index in [0.717, 1.165) is 25.7 Å². The summed E-state index contributed by atoms with van der Waals surface area (Å²) in [5.74, 6) is 0.187. The number of unbranched alkanes of at least 4 members (excludes halogenated alkanes) is 3. The summed E-state index contributed by atoms with van der Waals surface area (Å²) in [4.78, 5) is 11.7. The molecule has 1 rings (SSSR count). The minimum absolute atomic E-state index is 0.0317. The molecule has 1 aliphatic heterocycles. The normalized spacial score (nSPS) is 25.2. The molecule has 0 saturated carbocycles. The number of sulfone groups is 1. The molecule has 1 fully saturated rings. The summed E-state index contributed by atoms with van der Waals surface area (Å²) in [6.45, 7) is 3.10. The zero-order valence-corrected chi connectivity index (χ0v) is 12.4. The molecule has 1 atom stereocenters. The van der Waals surface area contributed by atoms with E-state index in [1.165, 1.54) is 0 Å². The highest BCUT2D eigenvalue weighted by molar-refractivity contribution is 7.91. The maximum absolute atomic E-state index is 11.7. The molecular formula is C12H25N3O3S. The molecule has 2 amide bonds. The first-order chi connectivity index (χ1) is 8.87. The van der Waals surface area contributed by atoms with Gasteiger partial charge in [0, 0.05) is 6.54 Å². The Balaban J connectivity index is 2.18. The molecule has 1 heterocycles. The first-order valence-corrected chi connectivity index (χ1v) is 8.66. The van der Waals surface area contributed by atoms with Gasteiger partial charge in [-0.15, -0.1) is 0 Å². The van der Waals surface area contributed by atoms with Gasteiger partial charge in [0.25, 0.3) is 0 Å².